The zero-order chi connectivity index (χ0) is 24.8. The molecule has 9 heteroatoms. The molecular weight excluding hydrogens is 448 g/mol. The van der Waals surface area contributed by atoms with Gasteiger partial charge in [0.1, 0.15) is 11.5 Å². The van der Waals surface area contributed by atoms with Gasteiger partial charge in [-0.15, -0.1) is 0 Å². The molecule has 4 rings (SSSR count). The number of likely N-dealkylation sites (tertiary alicyclic amines) is 1. The number of nitrogens with zero attached hydrogens (tertiary/aromatic N) is 1. The summed E-state index contributed by atoms with van der Waals surface area (Å²) < 4.78 is 0. The number of rotatable bonds is 9. The quantitative estimate of drug-likeness (QED) is 0.274. The highest BCUT2D eigenvalue weighted by Gasteiger charge is 2.21. The molecule has 186 valence electrons. The Morgan fingerprint density at radius 3 is 2.60 bits per heavy atom. The summed E-state index contributed by atoms with van der Waals surface area (Å²) in [5.74, 6) is 0.112. The molecule has 1 aromatic heterocycles. The molecule has 0 aliphatic carbocycles. The fourth-order valence-electron chi connectivity index (χ4n) is 4.50. The minimum Gasteiger partial charge on any atom is -0.508 e. The molecule has 0 unspecified atom stereocenters. The van der Waals surface area contributed by atoms with Crippen molar-refractivity contribution < 1.29 is 20.1 Å². The van der Waals surface area contributed by atoms with E-state index in [2.05, 4.69) is 20.5 Å². The molecule has 3 aromatic rings. The van der Waals surface area contributed by atoms with Gasteiger partial charge in [-0.3, -0.25) is 9.59 Å². The summed E-state index contributed by atoms with van der Waals surface area (Å²) in [5, 5.41) is 37.5. The van der Waals surface area contributed by atoms with Crippen LogP contribution in [0.25, 0.3) is 10.9 Å². The van der Waals surface area contributed by atoms with E-state index >= 15 is 0 Å². The van der Waals surface area contributed by atoms with Crippen molar-refractivity contribution in [3.63, 3.8) is 0 Å². The Labute approximate surface area is 203 Å². The molecule has 1 aliphatic heterocycles. The van der Waals surface area contributed by atoms with Crippen LogP contribution >= 0.6 is 0 Å². The van der Waals surface area contributed by atoms with Crippen molar-refractivity contribution in [2.24, 2.45) is 0 Å². The number of benzene rings is 2. The second-order valence-electron chi connectivity index (χ2n) is 8.98. The Bertz CT molecular complexity index is 1220. The number of hydrogen-bond acceptors (Lipinski definition) is 7. The van der Waals surface area contributed by atoms with Crippen molar-refractivity contribution in [1.29, 1.82) is 0 Å². The number of H-pyrrole nitrogens is 1. The molecule has 9 nitrogen and oxygen atoms in total. The third-order valence-corrected chi connectivity index (χ3v) is 6.58. The van der Waals surface area contributed by atoms with Crippen LogP contribution in [0.1, 0.15) is 36.5 Å². The van der Waals surface area contributed by atoms with E-state index in [1.165, 1.54) is 12.1 Å². The monoisotopic (exact) mass is 480 g/mol. The summed E-state index contributed by atoms with van der Waals surface area (Å²) in [6.07, 6.45) is 1.45. The first-order valence-electron chi connectivity index (χ1n) is 11.9. The van der Waals surface area contributed by atoms with Crippen LogP contribution in [0, 0.1) is 0 Å². The Kier molecular flexibility index (Phi) is 8.02. The third kappa shape index (κ3) is 6.39. The van der Waals surface area contributed by atoms with E-state index in [1.54, 1.807) is 30.3 Å². The number of carbonyl (C=O) groups excluding carboxylic acids is 1. The predicted octanol–water partition coefficient (Wildman–Crippen LogP) is 1.73. The van der Waals surface area contributed by atoms with Crippen LogP contribution < -0.4 is 16.2 Å². The van der Waals surface area contributed by atoms with Gasteiger partial charge >= 0.3 is 0 Å². The topological polar surface area (TPSA) is 138 Å². The number of amides is 1. The van der Waals surface area contributed by atoms with E-state index in [-0.39, 0.29) is 29.0 Å². The lowest BCUT2D eigenvalue weighted by Crippen LogP contribution is -2.44. The van der Waals surface area contributed by atoms with Gasteiger partial charge in [0.15, 0.2) is 0 Å². The highest BCUT2D eigenvalue weighted by Crippen LogP contribution is 2.28. The van der Waals surface area contributed by atoms with Crippen LogP contribution in [0.3, 0.4) is 0 Å². The standard InChI is InChI=1S/C26H32N4O5/c31-21-4-2-1-3-17(21)15-28-24(34)11-14-30-12-9-18(10-13-30)27-16-23(33)19-5-7-22(32)26-20(19)6-8-25(35)29-26/h1-8,18,23,27,31-33H,9-16H2,(H,28,34)(H,29,35)/t23-/m0/s1. The second kappa shape index (κ2) is 11.4. The fourth-order valence-corrected chi connectivity index (χ4v) is 4.50. The van der Waals surface area contributed by atoms with E-state index < -0.39 is 6.10 Å². The van der Waals surface area contributed by atoms with Gasteiger partial charge in [-0.25, -0.2) is 0 Å². The molecule has 1 atom stereocenters. The number of aliphatic hydroxyl groups is 1. The van der Waals surface area contributed by atoms with Gasteiger partial charge in [0.25, 0.3) is 0 Å². The zero-order valence-electron chi connectivity index (χ0n) is 19.5. The van der Waals surface area contributed by atoms with Gasteiger partial charge in [0.2, 0.25) is 11.5 Å². The summed E-state index contributed by atoms with van der Waals surface area (Å²) in [6.45, 7) is 3.08. The first-order valence-corrected chi connectivity index (χ1v) is 11.9. The molecule has 2 heterocycles. The van der Waals surface area contributed by atoms with Crippen LogP contribution in [0.15, 0.2) is 53.3 Å². The van der Waals surface area contributed by atoms with Gasteiger partial charge in [0.05, 0.1) is 11.6 Å². The van der Waals surface area contributed by atoms with Gasteiger partial charge in [-0.1, -0.05) is 24.3 Å². The highest BCUT2D eigenvalue weighted by molar-refractivity contribution is 5.87. The number of para-hydroxylation sites is 1. The number of aliphatic hydroxyl groups excluding tert-OH is 1. The van der Waals surface area contributed by atoms with E-state index in [0.717, 1.165) is 25.9 Å². The van der Waals surface area contributed by atoms with Crippen molar-refractivity contribution in [2.75, 3.05) is 26.2 Å². The number of piperidine rings is 1. The van der Waals surface area contributed by atoms with E-state index in [0.29, 0.717) is 48.1 Å². The SMILES string of the molecule is O=C(CCN1CCC(NC[C@H](O)c2ccc(O)c3[nH]c(=O)ccc23)CC1)NCc1ccccc1O. The summed E-state index contributed by atoms with van der Waals surface area (Å²) in [6, 6.07) is 13.4. The van der Waals surface area contributed by atoms with Crippen LogP contribution in [0.2, 0.25) is 0 Å². The largest absolute Gasteiger partial charge is 0.508 e. The number of aromatic hydroxyl groups is 2. The molecule has 35 heavy (non-hydrogen) atoms. The Balaban J connectivity index is 1.19. The van der Waals surface area contributed by atoms with Crippen LogP contribution in [-0.2, 0) is 11.3 Å². The van der Waals surface area contributed by atoms with Crippen LogP contribution in [0.4, 0.5) is 0 Å². The number of pyridine rings is 1. The van der Waals surface area contributed by atoms with Crippen molar-refractivity contribution >= 4 is 16.8 Å². The lowest BCUT2D eigenvalue weighted by atomic mass is 10.0. The van der Waals surface area contributed by atoms with Crippen molar-refractivity contribution in [2.45, 2.75) is 38.0 Å². The number of fused-ring (bicyclic) bond motifs is 1. The van der Waals surface area contributed by atoms with Gasteiger partial charge in [-0.05, 0) is 49.7 Å². The maximum Gasteiger partial charge on any atom is 0.248 e. The molecule has 2 aromatic carbocycles. The van der Waals surface area contributed by atoms with Crippen molar-refractivity contribution in [3.05, 3.63) is 70.0 Å². The second-order valence-corrected chi connectivity index (χ2v) is 8.98. The zero-order valence-corrected chi connectivity index (χ0v) is 19.5. The number of phenolic OH excluding ortho intramolecular Hbond substituents is 2. The van der Waals surface area contributed by atoms with E-state index in [4.69, 9.17) is 0 Å². The molecule has 1 saturated heterocycles. The minimum absolute atomic E-state index is 0.0270. The number of nitrogens with one attached hydrogen (secondary N) is 3. The van der Waals surface area contributed by atoms with Crippen molar-refractivity contribution in [1.82, 2.24) is 20.5 Å². The van der Waals surface area contributed by atoms with E-state index in [1.807, 2.05) is 6.07 Å². The first kappa shape index (κ1) is 24.7. The first-order chi connectivity index (χ1) is 16.9. The molecule has 1 amide bonds. The third-order valence-electron chi connectivity index (χ3n) is 6.58. The highest BCUT2D eigenvalue weighted by atomic mass is 16.3. The molecule has 0 radical (unpaired) electrons. The van der Waals surface area contributed by atoms with E-state index in [9.17, 15) is 24.9 Å². The maximum atomic E-state index is 12.2. The number of carbonyl (C=O) groups is 1. The number of aromatic amines is 1. The number of hydrogen-bond donors (Lipinski definition) is 6. The van der Waals surface area contributed by atoms with Gasteiger partial charge < -0.3 is 35.8 Å². The summed E-state index contributed by atoms with van der Waals surface area (Å²) in [7, 11) is 0. The molecule has 0 bridgehead atoms. The molecule has 1 aliphatic rings. The Morgan fingerprint density at radius 2 is 1.83 bits per heavy atom. The van der Waals surface area contributed by atoms with Crippen LogP contribution in [-0.4, -0.2) is 63.3 Å². The molecule has 6 N–H and O–H groups in total. The molecular formula is C26H32N4O5. The minimum atomic E-state index is -0.783. The fraction of sp³-hybridized carbons (Fsp3) is 0.385. The Hall–Kier alpha value is -3.40. The smallest absolute Gasteiger partial charge is 0.248 e. The summed E-state index contributed by atoms with van der Waals surface area (Å²) in [4.78, 5) is 28.7. The molecule has 1 fully saturated rings. The number of aromatic nitrogens is 1. The lowest BCUT2D eigenvalue weighted by molar-refractivity contribution is -0.121. The number of phenols is 2. The Morgan fingerprint density at radius 1 is 1.06 bits per heavy atom. The average Bonchev–Trinajstić information content (AvgIpc) is 2.86. The summed E-state index contributed by atoms with van der Waals surface area (Å²) >= 11 is 0. The maximum absolute atomic E-state index is 12.2. The van der Waals surface area contributed by atoms with Crippen molar-refractivity contribution in [3.8, 4) is 11.5 Å². The van der Waals surface area contributed by atoms with Gasteiger partial charge in [-0.2, -0.15) is 0 Å². The molecule has 0 spiro atoms. The lowest BCUT2D eigenvalue weighted by Gasteiger charge is -2.32. The molecule has 0 saturated carbocycles. The normalized spacial score (nSPS) is 15.8. The predicted molar refractivity (Wildman–Crippen MR) is 133 cm³/mol. The average molecular weight is 481 g/mol. The van der Waals surface area contributed by atoms with Gasteiger partial charge in [0, 0.05) is 49.1 Å². The van der Waals surface area contributed by atoms with Crippen LogP contribution in [0.5, 0.6) is 11.5 Å². The summed E-state index contributed by atoms with van der Waals surface area (Å²) in [5.41, 5.74) is 1.36.